The van der Waals surface area contributed by atoms with Gasteiger partial charge in [-0.3, -0.25) is 0 Å². The summed E-state index contributed by atoms with van der Waals surface area (Å²) in [5.74, 6) is 0.0504. The first-order valence-corrected chi connectivity index (χ1v) is 7.32. The van der Waals surface area contributed by atoms with Crippen molar-refractivity contribution in [3.05, 3.63) is 35.6 Å². The summed E-state index contributed by atoms with van der Waals surface area (Å²) < 4.78 is 13.7. The van der Waals surface area contributed by atoms with Crippen LogP contribution in [0.15, 0.2) is 24.3 Å². The Kier molecular flexibility index (Phi) is 7.03. The molecule has 2 atom stereocenters. The highest BCUT2D eigenvalue weighted by molar-refractivity contribution is 5.21. The van der Waals surface area contributed by atoms with Crippen LogP contribution in [0.25, 0.3) is 0 Å². The van der Waals surface area contributed by atoms with E-state index in [9.17, 15) is 4.39 Å². The fourth-order valence-electron chi connectivity index (χ4n) is 2.50. The summed E-state index contributed by atoms with van der Waals surface area (Å²) in [4.78, 5) is 2.42. The Labute approximate surface area is 116 Å². The summed E-state index contributed by atoms with van der Waals surface area (Å²) in [6, 6.07) is 6.59. The highest BCUT2D eigenvalue weighted by Gasteiger charge is 2.20. The maximum Gasteiger partial charge on any atom is 0.127 e. The Morgan fingerprint density at radius 3 is 2.26 bits per heavy atom. The molecule has 0 aliphatic heterocycles. The topological polar surface area (TPSA) is 29.3 Å². The summed E-state index contributed by atoms with van der Waals surface area (Å²) in [6.07, 6.45) is 2.28. The second-order valence-electron chi connectivity index (χ2n) is 5.33. The molecule has 0 aliphatic carbocycles. The fourth-order valence-corrected chi connectivity index (χ4v) is 2.50. The van der Waals surface area contributed by atoms with Crippen LogP contribution < -0.4 is 5.73 Å². The maximum atomic E-state index is 13.7. The van der Waals surface area contributed by atoms with Gasteiger partial charge in [-0.2, -0.15) is 0 Å². The molecule has 1 rings (SSSR count). The number of hydrogen-bond donors (Lipinski definition) is 1. The Bertz CT molecular complexity index is 362. The van der Waals surface area contributed by atoms with Crippen LogP contribution >= 0.6 is 0 Å². The van der Waals surface area contributed by atoms with Gasteiger partial charge >= 0.3 is 0 Å². The third-order valence-electron chi connectivity index (χ3n) is 3.50. The summed E-state index contributed by atoms with van der Waals surface area (Å²) in [5.41, 5.74) is 6.84. The number of nitrogens with zero attached hydrogens (tertiary/aromatic N) is 1. The van der Waals surface area contributed by atoms with Crippen molar-refractivity contribution in [3.8, 4) is 0 Å². The van der Waals surface area contributed by atoms with Gasteiger partial charge in [-0.25, -0.2) is 4.39 Å². The number of benzene rings is 1. The van der Waals surface area contributed by atoms with E-state index >= 15 is 0 Å². The van der Waals surface area contributed by atoms with E-state index in [0.717, 1.165) is 32.5 Å². The Morgan fingerprint density at radius 1 is 1.16 bits per heavy atom. The summed E-state index contributed by atoms with van der Waals surface area (Å²) in [5, 5.41) is 0. The molecule has 0 spiro atoms. The molecule has 0 heterocycles. The van der Waals surface area contributed by atoms with Crippen LogP contribution in [0.2, 0.25) is 0 Å². The average molecular weight is 266 g/mol. The minimum atomic E-state index is -0.239. The Balaban J connectivity index is 2.65. The van der Waals surface area contributed by atoms with Gasteiger partial charge in [-0.15, -0.1) is 0 Å². The van der Waals surface area contributed by atoms with E-state index in [1.165, 1.54) is 6.07 Å². The maximum absolute atomic E-state index is 13.7. The van der Waals surface area contributed by atoms with Gasteiger partial charge in [-0.05, 0) is 37.9 Å². The molecular weight excluding hydrogens is 239 g/mol. The molecular formula is C16H27FN2. The van der Waals surface area contributed by atoms with Crippen molar-refractivity contribution >= 4 is 0 Å². The van der Waals surface area contributed by atoms with Crippen molar-refractivity contribution in [3.63, 3.8) is 0 Å². The monoisotopic (exact) mass is 266 g/mol. The van der Waals surface area contributed by atoms with Gasteiger partial charge in [0.05, 0.1) is 0 Å². The van der Waals surface area contributed by atoms with Crippen LogP contribution in [-0.4, -0.2) is 24.5 Å². The zero-order valence-electron chi connectivity index (χ0n) is 12.4. The number of halogens is 1. The van der Waals surface area contributed by atoms with Gasteiger partial charge in [-0.1, -0.05) is 39.0 Å². The Hall–Kier alpha value is -0.930. The van der Waals surface area contributed by atoms with Gasteiger partial charge in [0.1, 0.15) is 5.82 Å². The molecule has 0 fully saturated rings. The second-order valence-corrected chi connectivity index (χ2v) is 5.33. The lowest BCUT2D eigenvalue weighted by atomic mass is 9.94. The third-order valence-corrected chi connectivity index (χ3v) is 3.50. The fraction of sp³-hybridized carbons (Fsp3) is 0.625. The number of rotatable bonds is 8. The molecule has 2 nitrogen and oxygen atoms in total. The molecule has 1 aromatic carbocycles. The minimum absolute atomic E-state index is 0.195. The lowest BCUT2D eigenvalue weighted by Crippen LogP contribution is -2.35. The molecule has 1 aromatic rings. The number of hydrogen-bond acceptors (Lipinski definition) is 2. The average Bonchev–Trinajstić information content (AvgIpc) is 2.39. The van der Waals surface area contributed by atoms with Crippen LogP contribution in [0.1, 0.15) is 45.2 Å². The van der Waals surface area contributed by atoms with Crippen LogP contribution in [-0.2, 0) is 0 Å². The predicted molar refractivity (Wildman–Crippen MR) is 79.5 cm³/mol. The van der Waals surface area contributed by atoms with Gasteiger partial charge < -0.3 is 10.6 Å². The first kappa shape index (κ1) is 16.1. The highest BCUT2D eigenvalue weighted by atomic mass is 19.1. The van der Waals surface area contributed by atoms with Crippen molar-refractivity contribution in [1.82, 2.24) is 4.90 Å². The van der Waals surface area contributed by atoms with Crippen molar-refractivity contribution < 1.29 is 4.39 Å². The Morgan fingerprint density at radius 2 is 1.74 bits per heavy atom. The van der Waals surface area contributed by atoms with Crippen LogP contribution in [0.4, 0.5) is 4.39 Å². The lowest BCUT2D eigenvalue weighted by Gasteiger charge is -2.28. The molecule has 0 aromatic heterocycles. The van der Waals surface area contributed by atoms with Crippen LogP contribution in [0.5, 0.6) is 0 Å². The van der Waals surface area contributed by atoms with Crippen molar-refractivity contribution in [2.45, 2.75) is 39.7 Å². The molecule has 0 saturated carbocycles. The van der Waals surface area contributed by atoms with E-state index in [2.05, 4.69) is 25.7 Å². The first-order chi connectivity index (χ1) is 9.10. The second kappa shape index (κ2) is 8.28. The lowest BCUT2D eigenvalue weighted by molar-refractivity contribution is 0.221. The molecule has 0 aliphatic rings. The van der Waals surface area contributed by atoms with E-state index < -0.39 is 0 Å². The molecule has 2 unspecified atom stereocenters. The third kappa shape index (κ3) is 4.92. The molecule has 0 saturated heterocycles. The predicted octanol–water partition coefficient (Wildman–Crippen LogP) is 3.58. The normalized spacial score (nSPS) is 14.6. The molecule has 0 radical (unpaired) electrons. The van der Waals surface area contributed by atoms with E-state index in [0.29, 0.717) is 5.56 Å². The molecule has 2 N–H and O–H groups in total. The minimum Gasteiger partial charge on any atom is -0.324 e. The highest BCUT2D eigenvalue weighted by Crippen LogP contribution is 2.22. The molecule has 3 heteroatoms. The molecule has 108 valence electrons. The number of nitrogens with two attached hydrogens (primary N) is 1. The van der Waals surface area contributed by atoms with Crippen LogP contribution in [0, 0.1) is 11.7 Å². The first-order valence-electron chi connectivity index (χ1n) is 7.32. The van der Waals surface area contributed by atoms with Gasteiger partial charge in [0.2, 0.25) is 0 Å². The van der Waals surface area contributed by atoms with Gasteiger partial charge in [0.25, 0.3) is 0 Å². The summed E-state index contributed by atoms with van der Waals surface area (Å²) in [7, 11) is 0. The molecule has 19 heavy (non-hydrogen) atoms. The van der Waals surface area contributed by atoms with Crippen LogP contribution in [0.3, 0.4) is 0 Å². The van der Waals surface area contributed by atoms with Gasteiger partial charge in [0.15, 0.2) is 0 Å². The van der Waals surface area contributed by atoms with E-state index in [1.807, 2.05) is 6.07 Å². The summed E-state index contributed by atoms with van der Waals surface area (Å²) >= 11 is 0. The standard InChI is InChI=1S/C16H27FN2/c1-4-10-19(11-5-2)12-13(3)16(18)14-8-6-7-9-15(14)17/h6-9,13,16H,4-5,10-12,18H2,1-3H3. The molecule has 0 amide bonds. The largest absolute Gasteiger partial charge is 0.324 e. The molecule has 0 bridgehead atoms. The van der Waals surface area contributed by atoms with Crippen molar-refractivity contribution in [2.75, 3.05) is 19.6 Å². The zero-order valence-corrected chi connectivity index (χ0v) is 12.4. The van der Waals surface area contributed by atoms with Crippen molar-refractivity contribution in [1.29, 1.82) is 0 Å². The van der Waals surface area contributed by atoms with Gasteiger partial charge in [0, 0.05) is 18.2 Å². The van der Waals surface area contributed by atoms with E-state index in [4.69, 9.17) is 5.73 Å². The summed E-state index contributed by atoms with van der Waals surface area (Å²) in [6.45, 7) is 9.57. The van der Waals surface area contributed by atoms with Crippen molar-refractivity contribution in [2.24, 2.45) is 11.7 Å². The SMILES string of the molecule is CCCN(CCC)CC(C)C(N)c1ccccc1F. The van der Waals surface area contributed by atoms with E-state index in [-0.39, 0.29) is 17.8 Å². The smallest absolute Gasteiger partial charge is 0.127 e. The quantitative estimate of drug-likeness (QED) is 0.779. The van der Waals surface area contributed by atoms with E-state index in [1.54, 1.807) is 12.1 Å². The zero-order chi connectivity index (χ0) is 14.3.